The molecule has 2 amide bonds. The third kappa shape index (κ3) is 7.86. The van der Waals surface area contributed by atoms with Crippen LogP contribution in [0.15, 0.2) is 115 Å². The SMILES string of the molecule is O=C(NC1CCCC1)[C@H](Cc1ccccc1)N(Cc1ccc(Cl)cc1)C(=O)CC(c1ccccc1)c1ccccc1. The van der Waals surface area contributed by atoms with Crippen LogP contribution in [0.1, 0.15) is 60.3 Å². The largest absolute Gasteiger partial charge is 0.352 e. The van der Waals surface area contributed by atoms with Gasteiger partial charge in [0.15, 0.2) is 0 Å². The van der Waals surface area contributed by atoms with Crippen LogP contribution < -0.4 is 5.32 Å². The summed E-state index contributed by atoms with van der Waals surface area (Å²) in [6.45, 7) is 0.321. The highest BCUT2D eigenvalue weighted by Gasteiger charge is 2.33. The first-order chi connectivity index (χ1) is 20.1. The van der Waals surface area contributed by atoms with Gasteiger partial charge in [-0.1, -0.05) is 128 Å². The van der Waals surface area contributed by atoms with Crippen molar-refractivity contribution in [3.63, 3.8) is 0 Å². The van der Waals surface area contributed by atoms with E-state index in [-0.39, 0.29) is 30.2 Å². The molecule has 1 aliphatic rings. The maximum atomic E-state index is 14.5. The van der Waals surface area contributed by atoms with E-state index in [0.717, 1.165) is 47.9 Å². The number of carbonyl (C=O) groups excluding carboxylic acids is 2. The summed E-state index contributed by atoms with van der Waals surface area (Å²) in [5, 5.41) is 3.93. The highest BCUT2D eigenvalue weighted by atomic mass is 35.5. The summed E-state index contributed by atoms with van der Waals surface area (Å²) in [6.07, 6.45) is 4.91. The lowest BCUT2D eigenvalue weighted by Crippen LogP contribution is -2.52. The van der Waals surface area contributed by atoms with Crippen molar-refractivity contribution in [2.75, 3.05) is 0 Å². The molecule has 5 rings (SSSR count). The molecule has 41 heavy (non-hydrogen) atoms. The molecule has 0 saturated heterocycles. The normalized spacial score (nSPS) is 14.1. The van der Waals surface area contributed by atoms with Crippen molar-refractivity contribution >= 4 is 23.4 Å². The van der Waals surface area contributed by atoms with Gasteiger partial charge < -0.3 is 10.2 Å². The van der Waals surface area contributed by atoms with Crippen molar-refractivity contribution in [3.05, 3.63) is 143 Å². The second-order valence-electron chi connectivity index (χ2n) is 10.9. The Labute approximate surface area is 248 Å². The van der Waals surface area contributed by atoms with E-state index in [1.165, 1.54) is 0 Å². The molecular weight excluding hydrogens is 528 g/mol. The summed E-state index contributed by atoms with van der Waals surface area (Å²) < 4.78 is 0. The Hall–Kier alpha value is -3.89. The molecule has 0 aliphatic heterocycles. The predicted octanol–water partition coefficient (Wildman–Crippen LogP) is 7.56. The van der Waals surface area contributed by atoms with E-state index < -0.39 is 6.04 Å². The number of halogens is 1. The van der Waals surface area contributed by atoms with Crippen molar-refractivity contribution in [2.24, 2.45) is 0 Å². The summed E-state index contributed by atoms with van der Waals surface area (Å²) in [5.41, 5.74) is 4.11. The molecule has 4 aromatic carbocycles. The number of carbonyl (C=O) groups is 2. The van der Waals surface area contributed by atoms with Crippen LogP contribution >= 0.6 is 11.6 Å². The molecule has 0 aromatic heterocycles. The molecule has 4 aromatic rings. The minimum absolute atomic E-state index is 0.0554. The van der Waals surface area contributed by atoms with Crippen LogP contribution in [-0.2, 0) is 22.6 Å². The second-order valence-corrected chi connectivity index (χ2v) is 11.4. The van der Waals surface area contributed by atoms with Gasteiger partial charge in [-0.05, 0) is 47.2 Å². The number of amides is 2. The lowest BCUT2D eigenvalue weighted by atomic mass is 9.87. The Bertz CT molecular complexity index is 1350. The van der Waals surface area contributed by atoms with Crippen molar-refractivity contribution < 1.29 is 9.59 Å². The topological polar surface area (TPSA) is 49.4 Å². The molecule has 0 heterocycles. The molecule has 1 saturated carbocycles. The molecule has 1 fully saturated rings. The van der Waals surface area contributed by atoms with Crippen LogP contribution in [0, 0.1) is 0 Å². The Morgan fingerprint density at radius 1 is 0.732 bits per heavy atom. The molecule has 4 nitrogen and oxygen atoms in total. The van der Waals surface area contributed by atoms with Gasteiger partial charge in [-0.2, -0.15) is 0 Å². The Kier molecular flexibility index (Phi) is 9.87. The average molecular weight is 565 g/mol. The van der Waals surface area contributed by atoms with Crippen molar-refractivity contribution in [1.29, 1.82) is 0 Å². The molecule has 1 atom stereocenters. The summed E-state index contributed by atoms with van der Waals surface area (Å²) >= 11 is 6.19. The maximum Gasteiger partial charge on any atom is 0.243 e. The van der Waals surface area contributed by atoms with Gasteiger partial charge in [0.2, 0.25) is 11.8 Å². The fraction of sp³-hybridized carbons (Fsp3) is 0.278. The average Bonchev–Trinajstić information content (AvgIpc) is 3.53. The third-order valence-corrected chi connectivity index (χ3v) is 8.27. The maximum absolute atomic E-state index is 14.5. The van der Waals surface area contributed by atoms with Crippen LogP contribution in [0.5, 0.6) is 0 Å². The van der Waals surface area contributed by atoms with Crippen LogP contribution in [0.3, 0.4) is 0 Å². The van der Waals surface area contributed by atoms with Gasteiger partial charge in [0.1, 0.15) is 6.04 Å². The fourth-order valence-corrected chi connectivity index (χ4v) is 5.92. The predicted molar refractivity (Wildman–Crippen MR) is 166 cm³/mol. The number of benzene rings is 4. The van der Waals surface area contributed by atoms with Crippen molar-refractivity contribution in [3.8, 4) is 0 Å². The Morgan fingerprint density at radius 3 is 1.83 bits per heavy atom. The molecule has 1 aliphatic carbocycles. The first kappa shape index (κ1) is 28.6. The van der Waals surface area contributed by atoms with E-state index >= 15 is 0 Å². The lowest BCUT2D eigenvalue weighted by molar-refractivity contribution is -0.141. The first-order valence-corrected chi connectivity index (χ1v) is 14.9. The summed E-state index contributed by atoms with van der Waals surface area (Å²) in [5.74, 6) is -0.271. The molecule has 5 heteroatoms. The smallest absolute Gasteiger partial charge is 0.243 e. The highest BCUT2D eigenvalue weighted by Crippen LogP contribution is 2.30. The van der Waals surface area contributed by atoms with Crippen molar-refractivity contribution in [2.45, 2.75) is 63.1 Å². The van der Waals surface area contributed by atoms with E-state index in [4.69, 9.17) is 11.6 Å². The molecule has 0 bridgehead atoms. The molecule has 0 unspecified atom stereocenters. The Balaban J connectivity index is 1.50. The van der Waals surface area contributed by atoms with E-state index in [9.17, 15) is 9.59 Å². The Morgan fingerprint density at radius 2 is 1.27 bits per heavy atom. The fourth-order valence-electron chi connectivity index (χ4n) is 5.80. The number of rotatable bonds is 11. The third-order valence-electron chi connectivity index (χ3n) is 8.02. The second kappa shape index (κ2) is 14.1. The van der Waals surface area contributed by atoms with Gasteiger partial charge in [-0.25, -0.2) is 0 Å². The zero-order chi connectivity index (χ0) is 28.4. The van der Waals surface area contributed by atoms with Crippen molar-refractivity contribution in [1.82, 2.24) is 10.2 Å². The van der Waals surface area contributed by atoms with Crippen LogP contribution in [-0.4, -0.2) is 28.8 Å². The summed E-state index contributed by atoms with van der Waals surface area (Å²) in [7, 11) is 0. The molecule has 1 N–H and O–H groups in total. The van der Waals surface area contributed by atoms with E-state index in [1.54, 1.807) is 4.90 Å². The standard InChI is InChI=1S/C36H37ClN2O2/c37-31-22-20-28(21-23-31)26-39(34(24-27-12-4-1-5-13-27)36(41)38-32-18-10-11-19-32)35(40)25-33(29-14-6-2-7-15-29)30-16-8-3-9-17-30/h1-9,12-17,20-23,32-34H,10-11,18-19,24-26H2,(H,38,41)/t34-/m0/s1. The van der Waals surface area contributed by atoms with Crippen LogP contribution in [0.4, 0.5) is 0 Å². The van der Waals surface area contributed by atoms with Gasteiger partial charge >= 0.3 is 0 Å². The molecule has 0 spiro atoms. The number of hydrogen-bond acceptors (Lipinski definition) is 2. The van der Waals surface area contributed by atoms with Gasteiger partial charge in [0.05, 0.1) is 0 Å². The number of nitrogens with one attached hydrogen (secondary N) is 1. The number of hydrogen-bond donors (Lipinski definition) is 1. The van der Waals surface area contributed by atoms with Gasteiger partial charge in [0.25, 0.3) is 0 Å². The molecule has 210 valence electrons. The van der Waals surface area contributed by atoms with Crippen LogP contribution in [0.2, 0.25) is 5.02 Å². The van der Waals surface area contributed by atoms with Gasteiger partial charge in [0, 0.05) is 36.4 Å². The lowest BCUT2D eigenvalue weighted by Gasteiger charge is -2.33. The quantitative estimate of drug-likeness (QED) is 0.204. The summed E-state index contributed by atoms with van der Waals surface area (Å²) in [6, 6.07) is 37.3. The van der Waals surface area contributed by atoms with Crippen LogP contribution in [0.25, 0.3) is 0 Å². The monoisotopic (exact) mass is 564 g/mol. The zero-order valence-electron chi connectivity index (χ0n) is 23.3. The van der Waals surface area contributed by atoms with E-state index in [2.05, 4.69) is 29.6 Å². The highest BCUT2D eigenvalue weighted by molar-refractivity contribution is 6.30. The first-order valence-electron chi connectivity index (χ1n) is 14.5. The minimum atomic E-state index is -0.645. The number of nitrogens with zero attached hydrogens (tertiary/aromatic N) is 1. The van der Waals surface area contributed by atoms with Gasteiger partial charge in [-0.3, -0.25) is 9.59 Å². The zero-order valence-corrected chi connectivity index (χ0v) is 24.0. The van der Waals surface area contributed by atoms with E-state index in [0.29, 0.717) is 18.0 Å². The van der Waals surface area contributed by atoms with Gasteiger partial charge in [-0.15, -0.1) is 0 Å². The van der Waals surface area contributed by atoms with E-state index in [1.807, 2.05) is 91.0 Å². The molecule has 0 radical (unpaired) electrons. The minimum Gasteiger partial charge on any atom is -0.352 e. The molecular formula is C36H37ClN2O2. The summed E-state index contributed by atoms with van der Waals surface area (Å²) in [4.78, 5) is 30.2.